The molecule has 0 atom stereocenters. The number of pyridine rings is 1. The van der Waals surface area contributed by atoms with Crippen LogP contribution in [0.2, 0.25) is 0 Å². The minimum atomic E-state index is -0.225. The summed E-state index contributed by atoms with van der Waals surface area (Å²) in [4.78, 5) is 25.5. The van der Waals surface area contributed by atoms with E-state index in [0.29, 0.717) is 5.39 Å². The van der Waals surface area contributed by atoms with Crippen molar-refractivity contribution < 1.29 is 4.79 Å². The summed E-state index contributed by atoms with van der Waals surface area (Å²) in [6, 6.07) is 6.04. The van der Waals surface area contributed by atoms with E-state index in [0.717, 1.165) is 43.3 Å². The van der Waals surface area contributed by atoms with Crippen molar-refractivity contribution in [2.24, 2.45) is 0 Å². The van der Waals surface area contributed by atoms with Crippen molar-refractivity contribution in [2.75, 3.05) is 0 Å². The van der Waals surface area contributed by atoms with Gasteiger partial charge in [-0.3, -0.25) is 9.59 Å². The van der Waals surface area contributed by atoms with E-state index in [1.807, 2.05) is 36.6 Å². The molecule has 0 spiro atoms. The van der Waals surface area contributed by atoms with Crippen LogP contribution in [0.25, 0.3) is 10.9 Å². The van der Waals surface area contributed by atoms with Gasteiger partial charge in [-0.15, -0.1) is 0 Å². The van der Waals surface area contributed by atoms with Gasteiger partial charge in [0, 0.05) is 24.2 Å². The minimum Gasteiger partial charge on any atom is -0.349 e. The van der Waals surface area contributed by atoms with E-state index in [9.17, 15) is 9.59 Å². The molecule has 1 saturated carbocycles. The number of aromatic nitrogens is 1. The number of amides is 1. The SMILES string of the molecule is CCn1cc(C(=O)NC2CCCCCC2)c(=O)c2cc(C)ccc21. The second-order valence-corrected chi connectivity index (χ2v) is 6.84. The number of nitrogens with zero attached hydrogens (tertiary/aromatic N) is 1. The van der Waals surface area contributed by atoms with Gasteiger partial charge < -0.3 is 9.88 Å². The van der Waals surface area contributed by atoms with E-state index in [1.165, 1.54) is 12.8 Å². The lowest BCUT2D eigenvalue weighted by Crippen LogP contribution is -2.37. The summed E-state index contributed by atoms with van der Waals surface area (Å²) in [6.45, 7) is 4.72. The van der Waals surface area contributed by atoms with E-state index >= 15 is 0 Å². The average Bonchev–Trinajstić information content (AvgIpc) is 2.84. The number of aryl methyl sites for hydroxylation is 2. The molecule has 1 aromatic heterocycles. The van der Waals surface area contributed by atoms with Crippen LogP contribution in [-0.2, 0) is 6.54 Å². The van der Waals surface area contributed by atoms with Crippen LogP contribution < -0.4 is 10.7 Å². The van der Waals surface area contributed by atoms with Gasteiger partial charge in [-0.05, 0) is 38.8 Å². The van der Waals surface area contributed by atoms with Crippen molar-refractivity contribution >= 4 is 16.8 Å². The van der Waals surface area contributed by atoms with Crippen LogP contribution in [0.1, 0.15) is 61.4 Å². The molecule has 2 aromatic rings. The highest BCUT2D eigenvalue weighted by atomic mass is 16.2. The zero-order valence-corrected chi connectivity index (χ0v) is 14.6. The van der Waals surface area contributed by atoms with Gasteiger partial charge in [0.25, 0.3) is 5.91 Å². The second kappa shape index (κ2) is 7.20. The van der Waals surface area contributed by atoms with Crippen molar-refractivity contribution in [2.45, 2.75) is 65.0 Å². The quantitative estimate of drug-likeness (QED) is 0.873. The minimum absolute atomic E-state index is 0.162. The molecule has 0 aliphatic heterocycles. The maximum absolute atomic E-state index is 12.8. The lowest BCUT2D eigenvalue weighted by Gasteiger charge is -2.17. The Balaban J connectivity index is 1.97. The average molecular weight is 326 g/mol. The highest BCUT2D eigenvalue weighted by Gasteiger charge is 2.19. The fraction of sp³-hybridized carbons (Fsp3) is 0.500. The Bertz CT molecular complexity index is 799. The van der Waals surface area contributed by atoms with E-state index in [2.05, 4.69) is 5.32 Å². The first kappa shape index (κ1) is 16.7. The molecule has 128 valence electrons. The Morgan fingerprint density at radius 1 is 1.21 bits per heavy atom. The summed E-state index contributed by atoms with van der Waals surface area (Å²) >= 11 is 0. The van der Waals surface area contributed by atoms with Crippen LogP contribution in [0.4, 0.5) is 0 Å². The van der Waals surface area contributed by atoms with Gasteiger partial charge in [0.15, 0.2) is 0 Å². The Hall–Kier alpha value is -2.10. The molecule has 0 saturated heterocycles. The van der Waals surface area contributed by atoms with Gasteiger partial charge in [-0.1, -0.05) is 37.3 Å². The maximum Gasteiger partial charge on any atom is 0.256 e. The molecule has 1 aliphatic carbocycles. The molecule has 1 aliphatic rings. The third kappa shape index (κ3) is 3.37. The summed E-state index contributed by atoms with van der Waals surface area (Å²) in [7, 11) is 0. The molecule has 0 bridgehead atoms. The smallest absolute Gasteiger partial charge is 0.256 e. The molecular formula is C20H26N2O2. The first-order valence-electron chi connectivity index (χ1n) is 9.05. The van der Waals surface area contributed by atoms with Gasteiger partial charge in [0.2, 0.25) is 5.43 Å². The standard InChI is InChI=1S/C20H26N2O2/c1-3-22-13-17(19(23)16-12-14(2)10-11-18(16)22)20(24)21-15-8-6-4-5-7-9-15/h10-13,15H,3-9H2,1-2H3,(H,21,24). The van der Waals surface area contributed by atoms with E-state index in [1.54, 1.807) is 6.20 Å². The van der Waals surface area contributed by atoms with Crippen molar-refractivity contribution in [1.82, 2.24) is 9.88 Å². The Labute approximate surface area is 142 Å². The van der Waals surface area contributed by atoms with Crippen LogP contribution in [0.3, 0.4) is 0 Å². The lowest BCUT2D eigenvalue weighted by atomic mass is 10.1. The first-order valence-corrected chi connectivity index (χ1v) is 9.05. The fourth-order valence-electron chi connectivity index (χ4n) is 3.62. The number of carbonyl (C=O) groups excluding carboxylic acids is 1. The van der Waals surface area contributed by atoms with Gasteiger partial charge in [0.05, 0.1) is 5.52 Å². The predicted octanol–water partition coefficient (Wildman–Crippen LogP) is 3.78. The lowest BCUT2D eigenvalue weighted by molar-refractivity contribution is 0.0931. The monoisotopic (exact) mass is 326 g/mol. The molecule has 4 nitrogen and oxygen atoms in total. The highest BCUT2D eigenvalue weighted by Crippen LogP contribution is 2.18. The zero-order chi connectivity index (χ0) is 17.1. The van der Waals surface area contributed by atoms with Crippen molar-refractivity contribution in [1.29, 1.82) is 0 Å². The Morgan fingerprint density at radius 2 is 1.92 bits per heavy atom. The molecule has 1 aromatic carbocycles. The summed E-state index contributed by atoms with van der Waals surface area (Å²) in [6.07, 6.45) is 8.53. The summed E-state index contributed by atoms with van der Waals surface area (Å²) < 4.78 is 1.98. The Morgan fingerprint density at radius 3 is 2.58 bits per heavy atom. The fourth-order valence-corrected chi connectivity index (χ4v) is 3.62. The zero-order valence-electron chi connectivity index (χ0n) is 14.6. The second-order valence-electron chi connectivity index (χ2n) is 6.84. The van der Waals surface area contributed by atoms with Gasteiger partial charge in [0.1, 0.15) is 5.56 Å². The first-order chi connectivity index (χ1) is 11.6. The molecule has 0 unspecified atom stereocenters. The predicted molar refractivity (Wildman–Crippen MR) is 97.6 cm³/mol. The van der Waals surface area contributed by atoms with Crippen LogP contribution in [0.15, 0.2) is 29.2 Å². The summed E-state index contributed by atoms with van der Waals surface area (Å²) in [5.74, 6) is -0.225. The maximum atomic E-state index is 12.8. The molecule has 4 heteroatoms. The number of hydrogen-bond acceptors (Lipinski definition) is 2. The van der Waals surface area contributed by atoms with Gasteiger partial charge in [-0.25, -0.2) is 0 Å². The highest BCUT2D eigenvalue weighted by molar-refractivity contribution is 5.97. The normalized spacial score (nSPS) is 16.1. The molecule has 1 N–H and O–H groups in total. The van der Waals surface area contributed by atoms with Crippen LogP contribution >= 0.6 is 0 Å². The van der Waals surface area contributed by atoms with Crippen molar-refractivity contribution in [3.63, 3.8) is 0 Å². The number of benzene rings is 1. The summed E-state index contributed by atoms with van der Waals surface area (Å²) in [5.41, 5.74) is 2.02. The number of rotatable bonds is 3. The van der Waals surface area contributed by atoms with Crippen molar-refractivity contribution in [3.05, 3.63) is 45.7 Å². The molecular weight excluding hydrogens is 300 g/mol. The third-order valence-electron chi connectivity index (χ3n) is 5.01. The third-order valence-corrected chi connectivity index (χ3v) is 5.01. The van der Waals surface area contributed by atoms with E-state index < -0.39 is 0 Å². The molecule has 24 heavy (non-hydrogen) atoms. The van der Waals surface area contributed by atoms with Crippen LogP contribution in [-0.4, -0.2) is 16.5 Å². The molecule has 0 radical (unpaired) electrons. The molecule has 1 amide bonds. The van der Waals surface area contributed by atoms with Gasteiger partial charge in [-0.2, -0.15) is 0 Å². The van der Waals surface area contributed by atoms with E-state index in [4.69, 9.17) is 0 Å². The number of nitrogens with one attached hydrogen (secondary N) is 1. The molecule has 1 heterocycles. The van der Waals surface area contributed by atoms with E-state index in [-0.39, 0.29) is 22.9 Å². The molecule has 1 fully saturated rings. The number of carbonyl (C=O) groups is 1. The number of fused-ring (bicyclic) bond motifs is 1. The Kier molecular flexibility index (Phi) is 5.03. The number of hydrogen-bond donors (Lipinski definition) is 1. The van der Waals surface area contributed by atoms with Gasteiger partial charge >= 0.3 is 0 Å². The topological polar surface area (TPSA) is 51.1 Å². The molecule has 3 rings (SSSR count). The van der Waals surface area contributed by atoms with Crippen molar-refractivity contribution in [3.8, 4) is 0 Å². The largest absolute Gasteiger partial charge is 0.349 e. The van der Waals surface area contributed by atoms with Crippen LogP contribution in [0, 0.1) is 6.92 Å². The van der Waals surface area contributed by atoms with Crippen LogP contribution in [0.5, 0.6) is 0 Å². The summed E-state index contributed by atoms with van der Waals surface area (Å²) in [5, 5.41) is 3.72.